The van der Waals surface area contributed by atoms with Crippen molar-refractivity contribution in [2.45, 2.75) is 11.8 Å². The Bertz CT molecular complexity index is 417. The molecule has 0 saturated heterocycles. The fourth-order valence-corrected chi connectivity index (χ4v) is 4.06. The Hall–Kier alpha value is -0.130. The minimum Gasteiger partial charge on any atom is -0.376 e. The second kappa shape index (κ2) is 6.35. The lowest BCUT2D eigenvalue weighted by Gasteiger charge is -2.24. The molecule has 0 aliphatic carbocycles. The second-order valence-electron chi connectivity index (χ2n) is 3.94. The maximum atomic E-state index is 11.1. The van der Waals surface area contributed by atoms with Gasteiger partial charge in [-0.3, -0.25) is 9.13 Å². The van der Waals surface area contributed by atoms with Gasteiger partial charge in [-0.2, -0.15) is 0 Å². The van der Waals surface area contributed by atoms with Crippen molar-refractivity contribution in [3.63, 3.8) is 0 Å². The third-order valence-corrected chi connectivity index (χ3v) is 6.07. The maximum absolute atomic E-state index is 11.1. The molecule has 0 atom stereocenters. The summed E-state index contributed by atoms with van der Waals surface area (Å²) in [4.78, 5) is 37.6. The zero-order valence-electron chi connectivity index (χ0n) is 9.58. The molecular weight excluding hydrogens is 303 g/mol. The summed E-state index contributed by atoms with van der Waals surface area (Å²) in [6.45, 7) is 0.396. The van der Waals surface area contributed by atoms with E-state index in [-0.39, 0.29) is 18.8 Å². The minimum atomic E-state index is -4.83. The highest BCUT2D eigenvalue weighted by Gasteiger charge is 2.43. The van der Waals surface area contributed by atoms with Crippen molar-refractivity contribution in [1.82, 2.24) is 4.90 Å². The zero-order valence-corrected chi connectivity index (χ0v) is 12.2. The van der Waals surface area contributed by atoms with Crippen molar-refractivity contribution in [2.75, 3.05) is 13.6 Å². The summed E-state index contributed by atoms with van der Waals surface area (Å²) in [5.74, 6) is 0. The van der Waals surface area contributed by atoms with Crippen molar-refractivity contribution in [3.05, 3.63) is 23.9 Å². The molecule has 1 heterocycles. The summed E-state index contributed by atoms with van der Waals surface area (Å²) in [5, 5.41) is -1.96. The van der Waals surface area contributed by atoms with Gasteiger partial charge in [-0.1, -0.05) is 6.08 Å². The average molecular weight is 320 g/mol. The first-order chi connectivity index (χ1) is 7.60. The molecule has 7 nitrogen and oxygen atoms in total. The first kappa shape index (κ1) is 17.9. The van der Waals surface area contributed by atoms with E-state index in [0.29, 0.717) is 12.1 Å². The highest BCUT2D eigenvalue weighted by Crippen LogP contribution is 2.62. The smallest absolute Gasteiger partial charge is 0.341 e. The highest BCUT2D eigenvalue weighted by atomic mass is 35.5. The molecule has 1 aliphatic heterocycles. The van der Waals surface area contributed by atoms with Crippen LogP contribution in [0.1, 0.15) is 6.42 Å². The van der Waals surface area contributed by atoms with Gasteiger partial charge in [0.25, 0.3) is 0 Å². The predicted molar refractivity (Wildman–Crippen MR) is 69.6 cm³/mol. The summed E-state index contributed by atoms with van der Waals surface area (Å²) >= 11 is 0. The fourth-order valence-electron chi connectivity index (χ4n) is 1.55. The predicted octanol–water partition coefficient (Wildman–Crippen LogP) is 0.865. The third-order valence-electron chi connectivity index (χ3n) is 2.35. The number of rotatable bonds is 4. The van der Waals surface area contributed by atoms with Gasteiger partial charge in [-0.05, 0) is 24.3 Å². The molecule has 10 heteroatoms. The van der Waals surface area contributed by atoms with E-state index in [1.807, 2.05) is 0 Å². The van der Waals surface area contributed by atoms with E-state index in [2.05, 4.69) is 0 Å². The van der Waals surface area contributed by atoms with Crippen molar-refractivity contribution in [2.24, 2.45) is 0 Å². The Balaban J connectivity index is 0.00000289. The van der Waals surface area contributed by atoms with Crippen LogP contribution in [0.4, 0.5) is 0 Å². The molecule has 0 aromatic carbocycles. The molecule has 0 fully saturated rings. The lowest BCUT2D eigenvalue weighted by atomic mass is 10.1. The first-order valence-electron chi connectivity index (χ1n) is 4.77. The molecule has 0 radical (unpaired) electrons. The van der Waals surface area contributed by atoms with Crippen LogP contribution in [0, 0.1) is 0 Å². The van der Waals surface area contributed by atoms with Crippen LogP contribution in [0.5, 0.6) is 0 Å². The van der Waals surface area contributed by atoms with Crippen LogP contribution in [-0.4, -0.2) is 43.5 Å². The Morgan fingerprint density at radius 3 is 2.17 bits per heavy atom. The minimum absolute atomic E-state index is 0. The van der Waals surface area contributed by atoms with Crippen molar-refractivity contribution >= 4 is 27.6 Å². The number of allylic oxidation sites excluding steroid dienone is 2. The zero-order chi connectivity index (χ0) is 13.3. The molecule has 0 saturated carbocycles. The largest absolute Gasteiger partial charge is 0.376 e. The second-order valence-corrected chi connectivity index (χ2v) is 7.95. The Morgan fingerprint density at radius 1 is 1.28 bits per heavy atom. The molecule has 1 aliphatic rings. The van der Waals surface area contributed by atoms with Gasteiger partial charge in [0.15, 0.2) is 5.40 Å². The SMILES string of the molecule is CN1C=CC=C(CC(P(=O)(O)O)P(=O)(O)O)C1.Cl. The summed E-state index contributed by atoms with van der Waals surface area (Å²) < 4.78 is 22.2. The molecule has 0 aromatic rings. The molecule has 0 unspecified atom stereocenters. The Morgan fingerprint density at radius 2 is 1.78 bits per heavy atom. The number of nitrogens with zero attached hydrogens (tertiary/aromatic N) is 1. The summed E-state index contributed by atoms with van der Waals surface area (Å²) in [6, 6.07) is 0. The van der Waals surface area contributed by atoms with Crippen LogP contribution in [0.15, 0.2) is 23.9 Å². The Labute approximate surface area is 111 Å². The molecular formula is C8H16ClNO6P2. The molecule has 18 heavy (non-hydrogen) atoms. The molecule has 0 amide bonds. The number of halogens is 1. The van der Waals surface area contributed by atoms with E-state index in [1.165, 1.54) is 0 Å². The first-order valence-corrected chi connectivity index (χ1v) is 8.14. The van der Waals surface area contributed by atoms with Gasteiger partial charge in [0.1, 0.15) is 0 Å². The quantitative estimate of drug-likeness (QED) is 0.568. The van der Waals surface area contributed by atoms with Gasteiger partial charge in [-0.15, -0.1) is 12.4 Å². The lowest BCUT2D eigenvalue weighted by molar-refractivity contribution is 0.336. The van der Waals surface area contributed by atoms with Crippen molar-refractivity contribution < 1.29 is 28.7 Å². The molecule has 0 bridgehead atoms. The van der Waals surface area contributed by atoms with Gasteiger partial charge in [0.05, 0.1) is 0 Å². The third kappa shape index (κ3) is 5.24. The van der Waals surface area contributed by atoms with Crippen LogP contribution in [0.2, 0.25) is 0 Å². The molecule has 4 N–H and O–H groups in total. The van der Waals surface area contributed by atoms with Crippen LogP contribution in [0.25, 0.3) is 0 Å². The van der Waals surface area contributed by atoms with E-state index in [9.17, 15) is 9.13 Å². The van der Waals surface area contributed by atoms with Crippen molar-refractivity contribution in [3.8, 4) is 0 Å². The van der Waals surface area contributed by atoms with Crippen LogP contribution in [-0.2, 0) is 9.13 Å². The maximum Gasteiger partial charge on any atom is 0.341 e. The fraction of sp³-hybridized carbons (Fsp3) is 0.500. The van der Waals surface area contributed by atoms with Gasteiger partial charge in [-0.25, -0.2) is 0 Å². The molecule has 1 rings (SSSR count). The average Bonchev–Trinajstić information content (AvgIpc) is 2.10. The summed E-state index contributed by atoms with van der Waals surface area (Å²) in [7, 11) is -7.90. The van der Waals surface area contributed by atoms with E-state index < -0.39 is 20.6 Å². The summed E-state index contributed by atoms with van der Waals surface area (Å²) in [6.07, 6.45) is 4.71. The van der Waals surface area contributed by atoms with Crippen LogP contribution < -0.4 is 0 Å². The van der Waals surface area contributed by atoms with E-state index in [1.54, 1.807) is 30.3 Å². The van der Waals surface area contributed by atoms with Gasteiger partial charge < -0.3 is 24.5 Å². The van der Waals surface area contributed by atoms with E-state index in [4.69, 9.17) is 19.6 Å². The highest BCUT2D eigenvalue weighted by molar-refractivity contribution is 7.70. The number of hydrogen-bond acceptors (Lipinski definition) is 3. The number of likely N-dealkylation sites (N-methyl/N-ethyl adjacent to an activating group) is 1. The Kier molecular flexibility index (Phi) is 6.30. The monoisotopic (exact) mass is 319 g/mol. The summed E-state index contributed by atoms with van der Waals surface area (Å²) in [5.41, 5.74) is 0.576. The number of hydrogen-bond donors (Lipinski definition) is 4. The molecule has 0 spiro atoms. The van der Waals surface area contributed by atoms with Crippen LogP contribution in [0.3, 0.4) is 0 Å². The van der Waals surface area contributed by atoms with Crippen molar-refractivity contribution in [1.29, 1.82) is 0 Å². The van der Waals surface area contributed by atoms with Crippen LogP contribution >= 0.6 is 27.6 Å². The van der Waals surface area contributed by atoms with E-state index in [0.717, 1.165) is 0 Å². The lowest BCUT2D eigenvalue weighted by Crippen LogP contribution is -2.20. The van der Waals surface area contributed by atoms with E-state index >= 15 is 0 Å². The topological polar surface area (TPSA) is 118 Å². The standard InChI is InChI=1S/C8H15NO6P2.ClH/c1-9-4-2-3-7(6-9)5-8(16(10,11)12)17(13,14)15;/h2-4,8H,5-6H2,1H3,(H2,10,11,12)(H2,13,14,15);1H. The normalized spacial score (nSPS) is 16.6. The molecule has 106 valence electrons. The van der Waals surface area contributed by atoms with Gasteiger partial charge in [0, 0.05) is 13.6 Å². The molecule has 0 aromatic heterocycles. The van der Waals surface area contributed by atoms with Gasteiger partial charge >= 0.3 is 15.2 Å². The van der Waals surface area contributed by atoms with Gasteiger partial charge in [0.2, 0.25) is 0 Å².